The van der Waals surface area contributed by atoms with Crippen molar-refractivity contribution in [3.8, 4) is 6.07 Å². The molecule has 1 aromatic carbocycles. The number of thioether (sulfide) groups is 1. The predicted octanol–water partition coefficient (Wildman–Crippen LogP) is 3.27. The summed E-state index contributed by atoms with van der Waals surface area (Å²) in [6.07, 6.45) is 0. The predicted molar refractivity (Wildman–Crippen MR) is 67.3 cm³/mol. The van der Waals surface area contributed by atoms with E-state index in [0.29, 0.717) is 0 Å². The Morgan fingerprint density at radius 2 is 2.27 bits per heavy atom. The maximum absolute atomic E-state index is 9.06. The molecule has 0 spiro atoms. The highest BCUT2D eigenvalue weighted by Crippen LogP contribution is 2.44. The number of halogens is 1. The van der Waals surface area contributed by atoms with Crippen LogP contribution < -0.4 is 4.90 Å². The molecule has 2 nitrogen and oxygen atoms in total. The lowest BCUT2D eigenvalue weighted by atomic mass is 10.2. The third-order valence-corrected chi connectivity index (χ3v) is 4.71. The molecule has 0 fully saturated rings. The fourth-order valence-electron chi connectivity index (χ4n) is 1.71. The highest BCUT2D eigenvalue weighted by molar-refractivity contribution is 9.10. The second kappa shape index (κ2) is 4.07. The Kier molecular flexibility index (Phi) is 2.94. The molecule has 0 aliphatic carbocycles. The zero-order chi connectivity index (χ0) is 11.0. The quantitative estimate of drug-likeness (QED) is 0.731. The topological polar surface area (TPSA) is 27.0 Å². The van der Waals surface area contributed by atoms with Crippen LogP contribution in [-0.2, 0) is 0 Å². The summed E-state index contributed by atoms with van der Waals surface area (Å²) in [6, 6.07) is 8.70. The lowest BCUT2D eigenvalue weighted by Gasteiger charge is -2.36. The summed E-state index contributed by atoms with van der Waals surface area (Å²) in [5.41, 5.74) is 1.20. The van der Waals surface area contributed by atoms with Gasteiger partial charge in [-0.2, -0.15) is 5.26 Å². The molecule has 1 aliphatic rings. The van der Waals surface area contributed by atoms with Gasteiger partial charge in [0.2, 0.25) is 0 Å². The number of hydrogen-bond donors (Lipinski definition) is 0. The van der Waals surface area contributed by atoms with Gasteiger partial charge in [-0.15, -0.1) is 11.8 Å². The third kappa shape index (κ3) is 1.75. The molecule has 1 aliphatic heterocycles. The van der Waals surface area contributed by atoms with Crippen molar-refractivity contribution in [2.24, 2.45) is 0 Å². The van der Waals surface area contributed by atoms with Gasteiger partial charge in [-0.05, 0) is 35.0 Å². The zero-order valence-corrected chi connectivity index (χ0v) is 11.0. The van der Waals surface area contributed by atoms with Gasteiger partial charge in [-0.25, -0.2) is 0 Å². The zero-order valence-electron chi connectivity index (χ0n) is 8.57. The average Bonchev–Trinajstić information content (AvgIpc) is 2.23. The second-order valence-electron chi connectivity index (χ2n) is 3.61. The van der Waals surface area contributed by atoms with Crippen molar-refractivity contribution in [2.45, 2.75) is 23.1 Å². The number of nitriles is 1. The van der Waals surface area contributed by atoms with Gasteiger partial charge < -0.3 is 4.90 Å². The number of nitrogens with zero attached hydrogens (tertiary/aromatic N) is 2. The molecule has 2 rings (SSSR count). The molecule has 0 saturated carbocycles. The molecule has 0 bridgehead atoms. The normalized spacial score (nSPS) is 24.5. The lowest BCUT2D eigenvalue weighted by molar-refractivity contribution is 0.696. The van der Waals surface area contributed by atoms with E-state index in [1.807, 2.05) is 19.2 Å². The molecule has 0 saturated heterocycles. The number of anilines is 1. The number of benzene rings is 1. The molecular weight excluding hydrogens is 272 g/mol. The largest absolute Gasteiger partial charge is 0.368 e. The van der Waals surface area contributed by atoms with Crippen molar-refractivity contribution >= 4 is 33.4 Å². The first-order chi connectivity index (χ1) is 7.15. The van der Waals surface area contributed by atoms with Crippen LogP contribution in [0.15, 0.2) is 27.6 Å². The van der Waals surface area contributed by atoms with Gasteiger partial charge in [0.05, 0.1) is 17.8 Å². The lowest BCUT2D eigenvalue weighted by Crippen LogP contribution is -2.40. The molecule has 0 N–H and O–H groups in total. The van der Waals surface area contributed by atoms with Gasteiger partial charge in [0.15, 0.2) is 0 Å². The Labute approximate surface area is 102 Å². The first-order valence-corrected chi connectivity index (χ1v) is 6.40. The van der Waals surface area contributed by atoms with E-state index in [9.17, 15) is 0 Å². The van der Waals surface area contributed by atoms with Crippen molar-refractivity contribution in [3.63, 3.8) is 0 Å². The first-order valence-electron chi connectivity index (χ1n) is 4.72. The number of rotatable bonds is 0. The molecule has 2 atom stereocenters. The summed E-state index contributed by atoms with van der Waals surface area (Å²) < 4.78 is 1.10. The Hall–Kier alpha value is -0.660. The Balaban J connectivity index is 2.51. The van der Waals surface area contributed by atoms with Crippen molar-refractivity contribution < 1.29 is 0 Å². The van der Waals surface area contributed by atoms with E-state index in [2.05, 4.69) is 39.9 Å². The van der Waals surface area contributed by atoms with E-state index in [1.54, 1.807) is 11.8 Å². The fourth-order valence-corrected chi connectivity index (χ4v) is 3.71. The number of para-hydroxylation sites is 1. The van der Waals surface area contributed by atoms with E-state index in [-0.39, 0.29) is 11.3 Å². The van der Waals surface area contributed by atoms with Crippen molar-refractivity contribution in [1.82, 2.24) is 0 Å². The number of hydrogen-bond acceptors (Lipinski definition) is 3. The van der Waals surface area contributed by atoms with Crippen molar-refractivity contribution in [3.05, 3.63) is 22.7 Å². The monoisotopic (exact) mass is 282 g/mol. The first kappa shape index (κ1) is 10.8. The van der Waals surface area contributed by atoms with Gasteiger partial charge in [-0.3, -0.25) is 0 Å². The summed E-state index contributed by atoms with van der Waals surface area (Å²) in [5.74, 6) is 0. The molecule has 1 heterocycles. The molecule has 0 radical (unpaired) electrons. The van der Waals surface area contributed by atoms with Crippen LogP contribution >= 0.6 is 27.7 Å². The fraction of sp³-hybridized carbons (Fsp3) is 0.364. The maximum Gasteiger partial charge on any atom is 0.116 e. The van der Waals surface area contributed by atoms with Crippen LogP contribution in [0, 0.1) is 11.3 Å². The molecule has 1 aromatic rings. The highest BCUT2D eigenvalue weighted by atomic mass is 79.9. The molecule has 4 heteroatoms. The van der Waals surface area contributed by atoms with Crippen LogP contribution in [0.25, 0.3) is 0 Å². The van der Waals surface area contributed by atoms with E-state index in [4.69, 9.17) is 5.26 Å². The second-order valence-corrected chi connectivity index (χ2v) is 5.64. The summed E-state index contributed by atoms with van der Waals surface area (Å²) >= 11 is 5.20. The van der Waals surface area contributed by atoms with Crippen LogP contribution in [0.5, 0.6) is 0 Å². The summed E-state index contributed by atoms with van der Waals surface area (Å²) in [6.45, 7) is 2.09. The Bertz CT molecular complexity index is 427. The van der Waals surface area contributed by atoms with Crippen LogP contribution in [0.4, 0.5) is 5.69 Å². The van der Waals surface area contributed by atoms with E-state index in [1.165, 1.54) is 10.6 Å². The van der Waals surface area contributed by atoms with Gasteiger partial charge in [0.25, 0.3) is 0 Å². The molecular formula is C11H11BrN2S. The molecule has 0 amide bonds. The average molecular weight is 283 g/mol. The van der Waals surface area contributed by atoms with E-state index in [0.717, 1.165) is 4.47 Å². The molecule has 0 aromatic heterocycles. The molecule has 2 unspecified atom stereocenters. The van der Waals surface area contributed by atoms with E-state index >= 15 is 0 Å². The maximum atomic E-state index is 9.06. The third-order valence-electron chi connectivity index (χ3n) is 2.73. The molecule has 78 valence electrons. The van der Waals surface area contributed by atoms with Crippen LogP contribution in [0.2, 0.25) is 0 Å². The highest BCUT2D eigenvalue weighted by Gasteiger charge is 2.30. The van der Waals surface area contributed by atoms with E-state index < -0.39 is 0 Å². The minimum atomic E-state index is 0.0109. The molecule has 15 heavy (non-hydrogen) atoms. The van der Waals surface area contributed by atoms with Gasteiger partial charge >= 0.3 is 0 Å². The van der Waals surface area contributed by atoms with Crippen molar-refractivity contribution in [2.75, 3.05) is 11.9 Å². The minimum Gasteiger partial charge on any atom is -0.368 e. The summed E-state index contributed by atoms with van der Waals surface area (Å²) in [5, 5.41) is 9.08. The van der Waals surface area contributed by atoms with Gasteiger partial charge in [0.1, 0.15) is 5.25 Å². The van der Waals surface area contributed by atoms with Crippen molar-refractivity contribution in [1.29, 1.82) is 5.26 Å². The summed E-state index contributed by atoms with van der Waals surface area (Å²) in [7, 11) is 2.04. The summed E-state index contributed by atoms with van der Waals surface area (Å²) in [4.78, 5) is 3.35. The van der Waals surface area contributed by atoms with Gasteiger partial charge in [0, 0.05) is 16.4 Å². The smallest absolute Gasteiger partial charge is 0.116 e. The standard InChI is InChI=1S/C11H11BrN2S/c1-7-10(6-13)15-9-5-3-4-8(12)11(9)14(7)2/h3-5,7,10H,1-2H3. The Morgan fingerprint density at radius 3 is 2.93 bits per heavy atom. The van der Waals surface area contributed by atoms with Crippen LogP contribution in [-0.4, -0.2) is 18.3 Å². The number of fused-ring (bicyclic) bond motifs is 1. The SMILES string of the molecule is CC1C(C#N)Sc2cccc(Br)c2N1C. The Morgan fingerprint density at radius 1 is 1.53 bits per heavy atom. The minimum absolute atomic E-state index is 0.0109. The van der Waals surface area contributed by atoms with Crippen LogP contribution in [0.1, 0.15) is 6.92 Å². The van der Waals surface area contributed by atoms with Gasteiger partial charge in [-0.1, -0.05) is 6.07 Å². The van der Waals surface area contributed by atoms with Crippen LogP contribution in [0.3, 0.4) is 0 Å².